The number of carbonyl (C=O) groups is 3. The van der Waals surface area contributed by atoms with Crippen molar-refractivity contribution >= 4 is 17.7 Å². The van der Waals surface area contributed by atoms with Gasteiger partial charge in [-0.05, 0) is 17.7 Å². The van der Waals surface area contributed by atoms with E-state index in [2.05, 4.69) is 4.74 Å². The third-order valence-corrected chi connectivity index (χ3v) is 2.07. The third kappa shape index (κ3) is 3.04. The van der Waals surface area contributed by atoms with Crippen LogP contribution in [0.15, 0.2) is 18.2 Å². The molecule has 0 aromatic heterocycles. The lowest BCUT2D eigenvalue weighted by molar-refractivity contribution is -0.148. The monoisotopic (exact) mass is 238 g/mol. The smallest absolute Gasteiger partial charge is 0.372 e. The first-order valence-electron chi connectivity index (χ1n) is 4.62. The van der Waals surface area contributed by atoms with Crippen molar-refractivity contribution in [2.75, 3.05) is 7.11 Å². The molecule has 1 rings (SSSR count). The van der Waals surface area contributed by atoms with E-state index in [0.29, 0.717) is 5.56 Å². The highest BCUT2D eigenvalue weighted by molar-refractivity contribution is 6.33. The highest BCUT2D eigenvalue weighted by Crippen LogP contribution is 2.19. The number of hydrogen-bond acceptors (Lipinski definition) is 5. The van der Waals surface area contributed by atoms with Crippen LogP contribution in [0.1, 0.15) is 15.9 Å². The lowest BCUT2D eigenvalue weighted by Crippen LogP contribution is -2.15. The van der Waals surface area contributed by atoms with Crippen LogP contribution < -0.4 is 0 Å². The SMILES string of the molecule is COC(=O)c1cc(CC(=O)C(=O)O)ccc1O. The van der Waals surface area contributed by atoms with Gasteiger partial charge in [0.1, 0.15) is 11.3 Å². The fraction of sp³-hybridized carbons (Fsp3) is 0.182. The molecule has 17 heavy (non-hydrogen) atoms. The first-order chi connectivity index (χ1) is 7.95. The molecule has 0 aliphatic heterocycles. The van der Waals surface area contributed by atoms with Crippen LogP contribution in [-0.2, 0) is 20.7 Å². The van der Waals surface area contributed by atoms with Gasteiger partial charge in [0.05, 0.1) is 7.11 Å². The van der Waals surface area contributed by atoms with Crippen LogP contribution in [-0.4, -0.2) is 35.0 Å². The van der Waals surface area contributed by atoms with Gasteiger partial charge in [-0.25, -0.2) is 9.59 Å². The van der Waals surface area contributed by atoms with Crippen molar-refractivity contribution in [3.8, 4) is 5.75 Å². The predicted octanol–water partition coefficient (Wildman–Crippen LogP) is 0.375. The maximum absolute atomic E-state index is 11.2. The number of phenolic OH excluding ortho intramolecular Hbond substituents is 1. The Hall–Kier alpha value is -2.37. The molecule has 0 saturated carbocycles. The number of benzene rings is 1. The van der Waals surface area contributed by atoms with E-state index in [-0.39, 0.29) is 17.7 Å². The highest BCUT2D eigenvalue weighted by atomic mass is 16.5. The average Bonchev–Trinajstić information content (AvgIpc) is 2.30. The average molecular weight is 238 g/mol. The number of carbonyl (C=O) groups excluding carboxylic acids is 2. The summed E-state index contributed by atoms with van der Waals surface area (Å²) in [6.07, 6.45) is -0.348. The van der Waals surface area contributed by atoms with Crippen LogP contribution in [0.25, 0.3) is 0 Å². The summed E-state index contributed by atoms with van der Waals surface area (Å²) < 4.78 is 4.42. The van der Waals surface area contributed by atoms with Gasteiger partial charge >= 0.3 is 11.9 Å². The molecule has 1 aromatic carbocycles. The van der Waals surface area contributed by atoms with Gasteiger partial charge in [0, 0.05) is 6.42 Å². The molecule has 0 unspecified atom stereocenters. The summed E-state index contributed by atoms with van der Waals surface area (Å²) in [5.41, 5.74) is 0.207. The van der Waals surface area contributed by atoms with Gasteiger partial charge in [-0.15, -0.1) is 0 Å². The standard InChI is InChI=1S/C11H10O6/c1-17-11(16)7-4-6(2-3-8(7)12)5-9(13)10(14)15/h2-4,12H,5H2,1H3,(H,14,15). The van der Waals surface area contributed by atoms with Crippen molar-refractivity contribution < 1.29 is 29.3 Å². The van der Waals surface area contributed by atoms with E-state index in [1.807, 2.05) is 0 Å². The number of esters is 1. The summed E-state index contributed by atoms with van der Waals surface area (Å²) in [5.74, 6) is -3.58. The van der Waals surface area contributed by atoms with E-state index < -0.39 is 17.7 Å². The first-order valence-corrected chi connectivity index (χ1v) is 4.62. The Morgan fingerprint density at radius 2 is 1.94 bits per heavy atom. The fourth-order valence-corrected chi connectivity index (χ4v) is 1.23. The van der Waals surface area contributed by atoms with E-state index in [1.165, 1.54) is 18.2 Å². The van der Waals surface area contributed by atoms with E-state index in [9.17, 15) is 19.5 Å². The minimum absolute atomic E-state index is 0.108. The van der Waals surface area contributed by atoms with E-state index in [4.69, 9.17) is 5.11 Å². The van der Waals surface area contributed by atoms with Crippen LogP contribution >= 0.6 is 0 Å². The van der Waals surface area contributed by atoms with Crippen molar-refractivity contribution in [3.63, 3.8) is 0 Å². The van der Waals surface area contributed by atoms with Crippen molar-refractivity contribution in [1.82, 2.24) is 0 Å². The molecule has 0 radical (unpaired) electrons. The largest absolute Gasteiger partial charge is 0.507 e. The maximum Gasteiger partial charge on any atom is 0.372 e. The molecule has 90 valence electrons. The summed E-state index contributed by atoms with van der Waals surface area (Å²) in [7, 11) is 1.15. The number of aliphatic carboxylic acids is 1. The molecule has 0 fully saturated rings. The molecule has 0 saturated heterocycles. The molecular formula is C11H10O6. The van der Waals surface area contributed by atoms with Gasteiger partial charge in [0.25, 0.3) is 0 Å². The Morgan fingerprint density at radius 3 is 2.47 bits per heavy atom. The Balaban J connectivity index is 3.00. The summed E-state index contributed by atoms with van der Waals surface area (Å²) in [6, 6.07) is 3.79. The second-order valence-corrected chi connectivity index (χ2v) is 3.25. The van der Waals surface area contributed by atoms with E-state index in [0.717, 1.165) is 7.11 Å². The molecule has 0 amide bonds. The number of ketones is 1. The normalized spacial score (nSPS) is 9.71. The molecule has 0 bridgehead atoms. The lowest BCUT2D eigenvalue weighted by Gasteiger charge is -2.04. The number of aromatic hydroxyl groups is 1. The fourth-order valence-electron chi connectivity index (χ4n) is 1.23. The quantitative estimate of drug-likeness (QED) is 0.580. The van der Waals surface area contributed by atoms with Crippen molar-refractivity contribution in [2.45, 2.75) is 6.42 Å². The van der Waals surface area contributed by atoms with Crippen molar-refractivity contribution in [3.05, 3.63) is 29.3 Å². The number of carboxylic acids is 1. The molecule has 0 spiro atoms. The van der Waals surface area contributed by atoms with Gasteiger partial charge < -0.3 is 14.9 Å². The minimum atomic E-state index is -1.54. The molecule has 0 aliphatic rings. The number of rotatable bonds is 4. The summed E-state index contributed by atoms with van der Waals surface area (Å²) in [4.78, 5) is 32.5. The zero-order valence-electron chi connectivity index (χ0n) is 8.97. The first kappa shape index (κ1) is 12.7. The van der Waals surface area contributed by atoms with Gasteiger partial charge in [-0.2, -0.15) is 0 Å². The van der Waals surface area contributed by atoms with Crippen molar-refractivity contribution in [1.29, 1.82) is 0 Å². The van der Waals surface area contributed by atoms with Gasteiger partial charge in [0.15, 0.2) is 0 Å². The van der Waals surface area contributed by atoms with Crippen molar-refractivity contribution in [2.24, 2.45) is 0 Å². The van der Waals surface area contributed by atoms with Crippen LogP contribution in [0.4, 0.5) is 0 Å². The van der Waals surface area contributed by atoms with Crippen LogP contribution in [0.5, 0.6) is 5.75 Å². The molecule has 6 nitrogen and oxygen atoms in total. The van der Waals surface area contributed by atoms with Crippen LogP contribution in [0.3, 0.4) is 0 Å². The van der Waals surface area contributed by atoms with Gasteiger partial charge in [0.2, 0.25) is 5.78 Å². The number of Topliss-reactive ketones (excluding diaryl/α,β-unsaturated/α-hetero) is 1. The molecule has 1 aromatic rings. The summed E-state index contributed by atoms with van der Waals surface area (Å²) in [5, 5.41) is 17.8. The molecule has 6 heteroatoms. The minimum Gasteiger partial charge on any atom is -0.507 e. The number of phenols is 1. The number of hydrogen-bond donors (Lipinski definition) is 2. The zero-order chi connectivity index (χ0) is 13.0. The Bertz CT molecular complexity index is 477. The third-order valence-electron chi connectivity index (χ3n) is 2.07. The second kappa shape index (κ2) is 5.11. The topological polar surface area (TPSA) is 101 Å². The molecule has 0 heterocycles. The second-order valence-electron chi connectivity index (χ2n) is 3.25. The summed E-state index contributed by atoms with van der Waals surface area (Å²) >= 11 is 0. The number of methoxy groups -OCH3 is 1. The van der Waals surface area contributed by atoms with Gasteiger partial charge in [-0.3, -0.25) is 4.79 Å². The Kier molecular flexibility index (Phi) is 3.82. The molecule has 0 aliphatic carbocycles. The summed E-state index contributed by atoms with van der Waals surface area (Å²) in [6.45, 7) is 0. The number of ether oxygens (including phenoxy) is 1. The zero-order valence-corrected chi connectivity index (χ0v) is 8.97. The lowest BCUT2D eigenvalue weighted by atomic mass is 10.0. The van der Waals surface area contributed by atoms with Crippen LogP contribution in [0.2, 0.25) is 0 Å². The number of carboxylic acid groups (broad SMARTS) is 1. The Morgan fingerprint density at radius 1 is 1.29 bits per heavy atom. The molecule has 0 atom stereocenters. The van der Waals surface area contributed by atoms with E-state index >= 15 is 0 Å². The predicted molar refractivity (Wildman–Crippen MR) is 55.8 cm³/mol. The van der Waals surface area contributed by atoms with E-state index in [1.54, 1.807) is 0 Å². The Labute approximate surface area is 96.4 Å². The van der Waals surface area contributed by atoms with Crippen LogP contribution in [0, 0.1) is 0 Å². The van der Waals surface area contributed by atoms with Gasteiger partial charge in [-0.1, -0.05) is 6.07 Å². The molecular weight excluding hydrogens is 228 g/mol. The highest BCUT2D eigenvalue weighted by Gasteiger charge is 2.16. The molecule has 2 N–H and O–H groups in total. The maximum atomic E-state index is 11.2.